The molecule has 4 N–H and O–H groups in total. The molecule has 0 saturated carbocycles. The minimum absolute atomic E-state index is 0.143. The van der Waals surface area contributed by atoms with Gasteiger partial charge in [-0.05, 0) is 38.5 Å². The smallest absolute Gasteiger partial charge is 0.303 e. The molecule has 9 heteroatoms. The first kappa shape index (κ1) is 37.3. The number of nitrogens with one attached hydrogen (secondary N) is 2. The predicted molar refractivity (Wildman–Crippen MR) is 155 cm³/mol. The number of rotatable bonds is 31. The normalized spacial score (nSPS) is 11.0. The molecular weight excluding hydrogens is 500 g/mol. The summed E-state index contributed by atoms with van der Waals surface area (Å²) in [6, 6.07) is 0. The Morgan fingerprint density at radius 3 is 1.23 bits per heavy atom. The summed E-state index contributed by atoms with van der Waals surface area (Å²) < 4.78 is 11.1. The van der Waals surface area contributed by atoms with Crippen LogP contribution in [0.5, 0.6) is 0 Å². The fourth-order valence-corrected chi connectivity index (χ4v) is 4.24. The van der Waals surface area contributed by atoms with Crippen LogP contribution in [0.2, 0.25) is 0 Å². The third-order valence-electron chi connectivity index (χ3n) is 6.59. The number of aliphatic hydroxyl groups is 1. The summed E-state index contributed by atoms with van der Waals surface area (Å²) in [5, 5.41) is 22.8. The molecule has 0 rings (SSSR count). The molecule has 0 atom stereocenters. The van der Waals surface area contributed by atoms with E-state index in [1.807, 2.05) is 0 Å². The Bertz CT molecular complexity index is 576. The zero-order valence-corrected chi connectivity index (χ0v) is 24.5. The molecule has 0 aromatic carbocycles. The molecular formula is C30H58N2O7. The number of hydrogen-bond acceptors (Lipinski definition) is 6. The highest BCUT2D eigenvalue weighted by Crippen LogP contribution is 2.13. The summed E-state index contributed by atoms with van der Waals surface area (Å²) >= 11 is 0. The molecule has 0 aliphatic heterocycles. The summed E-state index contributed by atoms with van der Waals surface area (Å²) in [5.41, 5.74) is 0. The quantitative estimate of drug-likeness (QED) is 0.0867. The van der Waals surface area contributed by atoms with Crippen LogP contribution >= 0.6 is 0 Å². The first-order valence-corrected chi connectivity index (χ1v) is 15.6. The van der Waals surface area contributed by atoms with Crippen LogP contribution in [0.25, 0.3) is 0 Å². The predicted octanol–water partition coefficient (Wildman–Crippen LogP) is 5.13. The van der Waals surface area contributed by atoms with Crippen LogP contribution in [0.1, 0.15) is 128 Å². The summed E-state index contributed by atoms with van der Waals surface area (Å²) in [7, 11) is 0. The van der Waals surface area contributed by atoms with Crippen molar-refractivity contribution in [3.63, 3.8) is 0 Å². The van der Waals surface area contributed by atoms with Gasteiger partial charge in [0, 0.05) is 52.4 Å². The van der Waals surface area contributed by atoms with E-state index in [1.165, 1.54) is 57.8 Å². The number of aliphatic hydroxyl groups excluding tert-OH is 1. The SMILES string of the molecule is O=C(O)CCCCCCCCCCCCCCCCC(=O)NCCCOCCCCOCCCNC(=O)CO. The van der Waals surface area contributed by atoms with Crippen LogP contribution in [0.4, 0.5) is 0 Å². The first-order chi connectivity index (χ1) is 19.1. The molecule has 0 radical (unpaired) electrons. The van der Waals surface area contributed by atoms with Gasteiger partial charge in [-0.25, -0.2) is 0 Å². The second-order valence-corrected chi connectivity index (χ2v) is 10.3. The molecule has 0 fully saturated rings. The van der Waals surface area contributed by atoms with Crippen molar-refractivity contribution < 1.29 is 34.1 Å². The van der Waals surface area contributed by atoms with Gasteiger partial charge in [0.25, 0.3) is 0 Å². The molecule has 0 aromatic heterocycles. The lowest BCUT2D eigenvalue weighted by Gasteiger charge is -2.07. The highest BCUT2D eigenvalue weighted by atomic mass is 16.5. The average Bonchev–Trinajstić information content (AvgIpc) is 2.92. The number of carboxylic acids is 1. The monoisotopic (exact) mass is 558 g/mol. The second-order valence-electron chi connectivity index (χ2n) is 10.3. The van der Waals surface area contributed by atoms with Gasteiger partial charge in [-0.2, -0.15) is 0 Å². The lowest BCUT2D eigenvalue weighted by Crippen LogP contribution is -2.27. The third kappa shape index (κ3) is 32.4. The number of carbonyl (C=O) groups excluding carboxylic acids is 2. The summed E-state index contributed by atoms with van der Waals surface area (Å²) in [4.78, 5) is 33.2. The maximum Gasteiger partial charge on any atom is 0.303 e. The van der Waals surface area contributed by atoms with Gasteiger partial charge in [0.15, 0.2) is 0 Å². The zero-order valence-electron chi connectivity index (χ0n) is 24.5. The Balaban J connectivity index is 3.18. The van der Waals surface area contributed by atoms with Crippen LogP contribution in [-0.2, 0) is 23.9 Å². The van der Waals surface area contributed by atoms with Crippen LogP contribution in [0.3, 0.4) is 0 Å². The van der Waals surface area contributed by atoms with Crippen molar-refractivity contribution >= 4 is 17.8 Å². The Labute approximate surface area is 237 Å². The number of carbonyl (C=O) groups is 3. The average molecular weight is 559 g/mol. The van der Waals surface area contributed by atoms with Crippen molar-refractivity contribution in [1.29, 1.82) is 0 Å². The molecule has 0 saturated heterocycles. The third-order valence-corrected chi connectivity index (χ3v) is 6.59. The molecule has 0 aliphatic rings. The molecule has 230 valence electrons. The summed E-state index contributed by atoms with van der Waals surface area (Å²) in [6.07, 6.45) is 21.0. The minimum Gasteiger partial charge on any atom is -0.481 e. The van der Waals surface area contributed by atoms with E-state index in [9.17, 15) is 14.4 Å². The van der Waals surface area contributed by atoms with Gasteiger partial charge in [-0.3, -0.25) is 14.4 Å². The van der Waals surface area contributed by atoms with E-state index < -0.39 is 12.6 Å². The van der Waals surface area contributed by atoms with Crippen LogP contribution in [-0.4, -0.2) is 74.1 Å². The van der Waals surface area contributed by atoms with Crippen molar-refractivity contribution in [2.75, 3.05) is 46.1 Å². The van der Waals surface area contributed by atoms with Gasteiger partial charge in [-0.1, -0.05) is 77.0 Å². The van der Waals surface area contributed by atoms with Crippen molar-refractivity contribution in [1.82, 2.24) is 10.6 Å². The van der Waals surface area contributed by atoms with Crippen molar-refractivity contribution in [2.45, 2.75) is 128 Å². The Morgan fingerprint density at radius 2 is 0.821 bits per heavy atom. The van der Waals surface area contributed by atoms with E-state index in [-0.39, 0.29) is 11.8 Å². The van der Waals surface area contributed by atoms with E-state index in [1.54, 1.807) is 0 Å². The first-order valence-electron chi connectivity index (χ1n) is 15.6. The molecule has 0 bridgehead atoms. The van der Waals surface area contributed by atoms with Gasteiger partial charge < -0.3 is 30.3 Å². The summed E-state index contributed by atoms with van der Waals surface area (Å²) in [6.45, 7) is 3.33. The Morgan fingerprint density at radius 1 is 0.462 bits per heavy atom. The summed E-state index contributed by atoms with van der Waals surface area (Å²) in [5.74, 6) is -0.896. The Hall–Kier alpha value is -1.71. The van der Waals surface area contributed by atoms with Crippen molar-refractivity contribution in [2.24, 2.45) is 0 Å². The number of aliphatic carboxylic acids is 1. The second kappa shape index (κ2) is 30.8. The zero-order chi connectivity index (χ0) is 28.7. The van der Waals surface area contributed by atoms with Gasteiger partial charge in [0.2, 0.25) is 11.8 Å². The number of ether oxygens (including phenoxy) is 2. The van der Waals surface area contributed by atoms with E-state index in [4.69, 9.17) is 19.7 Å². The lowest BCUT2D eigenvalue weighted by atomic mass is 10.0. The molecule has 0 aromatic rings. The number of amides is 2. The lowest BCUT2D eigenvalue weighted by molar-refractivity contribution is -0.137. The fraction of sp³-hybridized carbons (Fsp3) is 0.900. The molecule has 39 heavy (non-hydrogen) atoms. The largest absolute Gasteiger partial charge is 0.481 e. The van der Waals surface area contributed by atoms with Crippen LogP contribution < -0.4 is 10.6 Å². The maximum absolute atomic E-state index is 11.9. The number of hydrogen-bond donors (Lipinski definition) is 4. The maximum atomic E-state index is 11.9. The van der Waals surface area contributed by atoms with Gasteiger partial charge >= 0.3 is 5.97 Å². The van der Waals surface area contributed by atoms with E-state index in [0.29, 0.717) is 52.4 Å². The number of unbranched alkanes of at least 4 members (excludes halogenated alkanes) is 14. The fourth-order valence-electron chi connectivity index (χ4n) is 4.24. The number of carboxylic acid groups (broad SMARTS) is 1. The Kier molecular flexibility index (Phi) is 29.5. The highest BCUT2D eigenvalue weighted by molar-refractivity contribution is 5.76. The van der Waals surface area contributed by atoms with Gasteiger partial charge in [-0.15, -0.1) is 0 Å². The molecule has 0 aliphatic carbocycles. The molecule has 9 nitrogen and oxygen atoms in total. The minimum atomic E-state index is -0.681. The van der Waals surface area contributed by atoms with Crippen LogP contribution in [0, 0.1) is 0 Å². The van der Waals surface area contributed by atoms with E-state index >= 15 is 0 Å². The van der Waals surface area contributed by atoms with Gasteiger partial charge in [0.05, 0.1) is 0 Å². The molecule has 0 unspecified atom stereocenters. The van der Waals surface area contributed by atoms with Crippen LogP contribution in [0.15, 0.2) is 0 Å². The highest BCUT2D eigenvalue weighted by Gasteiger charge is 2.01. The molecule has 2 amide bonds. The topological polar surface area (TPSA) is 134 Å². The van der Waals surface area contributed by atoms with E-state index in [2.05, 4.69) is 10.6 Å². The van der Waals surface area contributed by atoms with Crippen molar-refractivity contribution in [3.05, 3.63) is 0 Å². The van der Waals surface area contributed by atoms with E-state index in [0.717, 1.165) is 57.8 Å². The molecule has 0 heterocycles. The van der Waals surface area contributed by atoms with Crippen molar-refractivity contribution in [3.8, 4) is 0 Å². The molecule has 0 spiro atoms. The standard InChI is InChI=1S/C30H58N2O7/c33-27-29(35)32-22-18-26-39-24-16-15-23-38-25-17-21-31-28(34)19-13-11-9-7-5-3-1-2-4-6-8-10-12-14-20-30(36)37/h33H,1-27H2,(H,31,34)(H,32,35)(H,36,37). The van der Waals surface area contributed by atoms with Gasteiger partial charge in [0.1, 0.15) is 6.61 Å².